The van der Waals surface area contributed by atoms with Gasteiger partial charge in [-0.15, -0.1) is 0 Å². The predicted molar refractivity (Wildman–Crippen MR) is 135 cm³/mol. The molecule has 0 saturated heterocycles. The van der Waals surface area contributed by atoms with E-state index in [1.54, 1.807) is 49.0 Å². The number of nitrogens with zero attached hydrogens (tertiary/aromatic N) is 3. The fourth-order valence-electron chi connectivity index (χ4n) is 3.67. The Kier molecular flexibility index (Phi) is 8.55. The smallest absolute Gasteiger partial charge is 0.243 e. The first-order chi connectivity index (χ1) is 16.1. The number of carbonyl (C=O) groups excluding carboxylic acids is 1. The third kappa shape index (κ3) is 6.27. The van der Waals surface area contributed by atoms with Crippen molar-refractivity contribution in [2.45, 2.75) is 37.4 Å². The van der Waals surface area contributed by atoms with E-state index in [4.69, 9.17) is 11.6 Å². The topological polar surface area (TPSA) is 95.2 Å². The number of sulfonamides is 1. The summed E-state index contributed by atoms with van der Waals surface area (Å²) in [5, 5.41) is 9.36. The Bertz CT molecular complexity index is 1310. The Morgan fingerprint density at radius 2 is 1.97 bits per heavy atom. The highest BCUT2D eigenvalue weighted by Gasteiger charge is 2.30. The molecular formula is C24H24BrClN4O3S. The van der Waals surface area contributed by atoms with Crippen LogP contribution in [0.1, 0.15) is 23.2 Å². The Hall–Kier alpha value is -2.64. The molecule has 1 amide bonds. The van der Waals surface area contributed by atoms with E-state index in [9.17, 15) is 18.5 Å². The lowest BCUT2D eigenvalue weighted by molar-refractivity contribution is -0.132. The first-order valence-corrected chi connectivity index (χ1v) is 13.1. The van der Waals surface area contributed by atoms with Crippen LogP contribution >= 0.6 is 27.5 Å². The number of benzene rings is 2. The summed E-state index contributed by atoms with van der Waals surface area (Å²) in [4.78, 5) is 14.8. The molecule has 0 spiro atoms. The van der Waals surface area contributed by atoms with Gasteiger partial charge in [0.1, 0.15) is 22.7 Å². The second-order valence-corrected chi connectivity index (χ2v) is 10.8. The molecule has 178 valence electrons. The highest BCUT2D eigenvalue weighted by molar-refractivity contribution is 9.10. The lowest BCUT2D eigenvalue weighted by Gasteiger charge is -2.25. The van der Waals surface area contributed by atoms with Crippen LogP contribution in [0.4, 0.5) is 0 Å². The van der Waals surface area contributed by atoms with Crippen molar-refractivity contribution < 1.29 is 13.2 Å². The Balaban J connectivity index is 1.88. The Morgan fingerprint density at radius 3 is 2.65 bits per heavy atom. The van der Waals surface area contributed by atoms with Crippen LogP contribution in [0.5, 0.6) is 0 Å². The molecule has 0 aliphatic carbocycles. The van der Waals surface area contributed by atoms with Gasteiger partial charge in [0, 0.05) is 30.8 Å². The molecule has 1 atom stereocenters. The van der Waals surface area contributed by atoms with Crippen LogP contribution < -0.4 is 4.72 Å². The van der Waals surface area contributed by atoms with Crippen LogP contribution in [0.25, 0.3) is 0 Å². The van der Waals surface area contributed by atoms with E-state index in [0.717, 1.165) is 10.0 Å². The highest BCUT2D eigenvalue weighted by Crippen LogP contribution is 2.25. The molecule has 1 aromatic heterocycles. The molecule has 0 fully saturated rings. The molecule has 7 nitrogen and oxygen atoms in total. The van der Waals surface area contributed by atoms with Gasteiger partial charge in [-0.2, -0.15) is 9.98 Å². The van der Waals surface area contributed by atoms with Crippen LogP contribution in [-0.4, -0.2) is 36.9 Å². The number of nitriles is 1. The van der Waals surface area contributed by atoms with Crippen LogP contribution in [0.3, 0.4) is 0 Å². The first kappa shape index (κ1) is 26.0. The maximum absolute atomic E-state index is 13.4. The van der Waals surface area contributed by atoms with Crippen LogP contribution in [0.2, 0.25) is 5.02 Å². The van der Waals surface area contributed by atoms with Crippen molar-refractivity contribution in [2.75, 3.05) is 7.05 Å². The van der Waals surface area contributed by atoms with Crippen molar-refractivity contribution >= 4 is 43.5 Å². The summed E-state index contributed by atoms with van der Waals surface area (Å²) in [7, 11) is -2.47. The number of aromatic nitrogens is 1. The summed E-state index contributed by atoms with van der Waals surface area (Å²) >= 11 is 9.62. The van der Waals surface area contributed by atoms with Crippen molar-refractivity contribution in [3.63, 3.8) is 0 Å². The number of carbonyl (C=O) groups is 1. The Morgan fingerprint density at radius 1 is 1.24 bits per heavy atom. The standard InChI is InChI=1S/C24H24BrClN4O3S/c1-17-6-3-10-21(26)23(17)34(32,33)28-22(11-13-30-12-5-9-20(30)15-27)24(31)29(2)16-18-7-4-8-19(25)14-18/h3-10,12,14,22,28H,11,13,16H2,1-2H3. The average molecular weight is 564 g/mol. The molecular weight excluding hydrogens is 540 g/mol. The second kappa shape index (κ2) is 11.2. The van der Waals surface area contributed by atoms with Crippen LogP contribution in [0.15, 0.2) is 70.2 Å². The van der Waals surface area contributed by atoms with E-state index in [2.05, 4.69) is 26.7 Å². The Labute approximate surface area is 213 Å². The molecule has 0 radical (unpaired) electrons. The molecule has 3 aromatic rings. The number of aryl methyl sites for hydroxylation is 2. The van der Waals surface area contributed by atoms with Gasteiger partial charge in [0.15, 0.2) is 0 Å². The van der Waals surface area contributed by atoms with Gasteiger partial charge in [0.2, 0.25) is 15.9 Å². The molecule has 0 aliphatic rings. The van der Waals surface area contributed by atoms with Gasteiger partial charge in [-0.1, -0.05) is 51.8 Å². The number of halogens is 2. The molecule has 3 rings (SSSR count). The number of rotatable bonds is 9. The summed E-state index contributed by atoms with van der Waals surface area (Å²) in [5.74, 6) is -0.390. The fourth-order valence-corrected chi connectivity index (χ4v) is 6.17. The zero-order valence-electron chi connectivity index (χ0n) is 18.7. The van der Waals surface area contributed by atoms with Gasteiger partial charge >= 0.3 is 0 Å². The predicted octanol–water partition coefficient (Wildman–Crippen LogP) is 4.48. The van der Waals surface area contributed by atoms with E-state index in [0.29, 0.717) is 17.8 Å². The zero-order chi connectivity index (χ0) is 24.9. The van der Waals surface area contributed by atoms with E-state index >= 15 is 0 Å². The molecule has 0 aliphatic heterocycles. The van der Waals surface area contributed by atoms with E-state index in [1.165, 1.54) is 11.0 Å². The van der Waals surface area contributed by atoms with Gasteiger partial charge in [0.25, 0.3) is 0 Å². The highest BCUT2D eigenvalue weighted by atomic mass is 79.9. The van der Waals surface area contributed by atoms with E-state index in [-0.39, 0.29) is 28.8 Å². The van der Waals surface area contributed by atoms with Gasteiger partial charge < -0.3 is 9.47 Å². The molecule has 2 aromatic carbocycles. The molecule has 1 unspecified atom stereocenters. The van der Waals surface area contributed by atoms with E-state index < -0.39 is 16.1 Å². The number of nitrogens with one attached hydrogen (secondary N) is 1. The van der Waals surface area contributed by atoms with Gasteiger partial charge in [-0.25, -0.2) is 8.42 Å². The summed E-state index contributed by atoms with van der Waals surface area (Å²) in [5.41, 5.74) is 1.80. The first-order valence-electron chi connectivity index (χ1n) is 10.4. The average Bonchev–Trinajstić information content (AvgIpc) is 3.23. The third-order valence-electron chi connectivity index (χ3n) is 5.32. The molecule has 0 saturated carbocycles. The largest absolute Gasteiger partial charge is 0.340 e. The maximum atomic E-state index is 13.4. The maximum Gasteiger partial charge on any atom is 0.243 e. The van der Waals surface area contributed by atoms with Crippen LogP contribution in [0, 0.1) is 18.3 Å². The number of hydrogen-bond donors (Lipinski definition) is 1. The third-order valence-corrected chi connectivity index (χ3v) is 7.91. The molecule has 0 bridgehead atoms. The number of hydrogen-bond acceptors (Lipinski definition) is 4. The SMILES string of the molecule is Cc1cccc(Cl)c1S(=O)(=O)NC(CCn1cccc1C#N)C(=O)N(C)Cc1cccc(Br)c1. The second-order valence-electron chi connectivity index (χ2n) is 7.87. The summed E-state index contributed by atoms with van der Waals surface area (Å²) < 4.78 is 31.7. The van der Waals surface area contributed by atoms with Gasteiger partial charge in [-0.3, -0.25) is 4.79 Å². The summed E-state index contributed by atoms with van der Waals surface area (Å²) in [6.07, 6.45) is 1.87. The van der Waals surface area contributed by atoms with Crippen molar-refractivity contribution in [2.24, 2.45) is 0 Å². The minimum Gasteiger partial charge on any atom is -0.340 e. The summed E-state index contributed by atoms with van der Waals surface area (Å²) in [6.45, 7) is 2.23. The van der Waals surface area contributed by atoms with Gasteiger partial charge in [0.05, 0.1) is 5.02 Å². The number of likely N-dealkylation sites (N-methyl/N-ethyl adjacent to an activating group) is 1. The lowest BCUT2D eigenvalue weighted by Crippen LogP contribution is -2.47. The minimum absolute atomic E-state index is 0.0530. The number of amides is 1. The molecule has 1 heterocycles. The van der Waals surface area contributed by atoms with Crippen molar-refractivity contribution in [1.82, 2.24) is 14.2 Å². The van der Waals surface area contributed by atoms with Crippen molar-refractivity contribution in [3.8, 4) is 6.07 Å². The minimum atomic E-state index is -4.10. The zero-order valence-corrected chi connectivity index (χ0v) is 21.9. The normalized spacial score (nSPS) is 12.2. The lowest BCUT2D eigenvalue weighted by atomic mass is 10.1. The quantitative estimate of drug-likeness (QED) is 0.415. The molecule has 10 heteroatoms. The summed E-state index contributed by atoms with van der Waals surface area (Å²) in [6, 6.07) is 16.8. The van der Waals surface area contributed by atoms with Crippen molar-refractivity contribution in [3.05, 3.63) is 87.1 Å². The molecule has 1 N–H and O–H groups in total. The van der Waals surface area contributed by atoms with Crippen molar-refractivity contribution in [1.29, 1.82) is 5.26 Å². The van der Waals surface area contributed by atoms with E-state index in [1.807, 2.05) is 24.3 Å². The van der Waals surface area contributed by atoms with Gasteiger partial charge in [-0.05, 0) is 54.8 Å². The van der Waals surface area contributed by atoms with Crippen LogP contribution in [-0.2, 0) is 27.9 Å². The molecule has 34 heavy (non-hydrogen) atoms. The monoisotopic (exact) mass is 562 g/mol. The fraction of sp³-hybridized carbons (Fsp3) is 0.250.